The van der Waals surface area contributed by atoms with E-state index in [0.717, 1.165) is 35.8 Å². The van der Waals surface area contributed by atoms with Crippen molar-refractivity contribution in [3.05, 3.63) is 70.8 Å². The van der Waals surface area contributed by atoms with Crippen LogP contribution in [-0.4, -0.2) is 29.8 Å². The van der Waals surface area contributed by atoms with E-state index in [2.05, 4.69) is 19.1 Å². The normalized spacial score (nSPS) is 10.4. The van der Waals surface area contributed by atoms with Gasteiger partial charge in [-0.15, -0.1) is 0 Å². The van der Waals surface area contributed by atoms with Gasteiger partial charge in [-0.25, -0.2) is 0 Å². The van der Waals surface area contributed by atoms with Gasteiger partial charge in [0.1, 0.15) is 7.50 Å². The molecule has 0 amide bonds. The zero-order valence-corrected chi connectivity index (χ0v) is 31.7. The van der Waals surface area contributed by atoms with Crippen LogP contribution in [0.2, 0.25) is 0 Å². The molecule has 222 valence electrons. The Bertz CT molecular complexity index is 735. The van der Waals surface area contributed by atoms with Gasteiger partial charge in [-0.1, -0.05) is 146 Å². The van der Waals surface area contributed by atoms with Crippen LogP contribution in [0.15, 0.2) is 48.5 Å². The zero-order chi connectivity index (χ0) is 25.2. The molecule has 3 unspecified atom stereocenters. The molecule has 0 radical (unpaired) electrons. The molecule has 0 aliphatic heterocycles. The second kappa shape index (κ2) is 31.8. The van der Waals surface area contributed by atoms with E-state index in [1.807, 2.05) is 43.3 Å². The van der Waals surface area contributed by atoms with Crippen molar-refractivity contribution < 1.29 is 15.8 Å². The molecule has 0 heterocycles. The van der Waals surface area contributed by atoms with Gasteiger partial charge in [-0.3, -0.25) is 4.70 Å². The van der Waals surface area contributed by atoms with Crippen LogP contribution in [0.5, 0.6) is 0 Å². The summed E-state index contributed by atoms with van der Waals surface area (Å²) < 4.78 is 5.54. The fraction of sp³-hybridized carbons (Fsp3) is 0.429. The first-order valence-corrected chi connectivity index (χ1v) is 21.9. The molecule has 0 aliphatic carbocycles. The molecule has 2 aromatic carbocycles. The third kappa shape index (κ3) is 33.3. The van der Waals surface area contributed by atoms with Crippen LogP contribution >= 0.6 is 126 Å². The summed E-state index contributed by atoms with van der Waals surface area (Å²) in [6.45, 7) is 2.19. The van der Waals surface area contributed by atoms with Gasteiger partial charge in [0, 0.05) is 26.1 Å². The van der Waals surface area contributed by atoms with Gasteiger partial charge in [0.25, 0.3) is 0 Å². The predicted molar refractivity (Wildman–Crippen MR) is 195 cm³/mol. The van der Waals surface area contributed by atoms with Crippen molar-refractivity contribution in [2.24, 2.45) is 0 Å². The molecule has 0 bridgehead atoms. The molecule has 37 heavy (non-hydrogen) atoms. The number of aliphatic hydroxyl groups is 1. The summed E-state index contributed by atoms with van der Waals surface area (Å²) >= 11 is 39.2. The summed E-state index contributed by atoms with van der Waals surface area (Å²) in [5, 5.41) is 8.63. The van der Waals surface area contributed by atoms with Crippen molar-refractivity contribution in [1.82, 2.24) is 0 Å². The van der Waals surface area contributed by atoms with Gasteiger partial charge < -0.3 is 9.63 Å². The Labute approximate surface area is 269 Å². The lowest BCUT2D eigenvalue weighted by Crippen LogP contribution is -1.90. The largest absolute Gasteiger partial charge is 0.392 e. The molecule has 16 heteroatoms. The predicted octanol–water partition coefficient (Wildman–Crippen LogP) is 13.1. The Morgan fingerprint density at radius 2 is 0.973 bits per heavy atom. The molecule has 0 spiro atoms. The highest BCUT2D eigenvalue weighted by molar-refractivity contribution is 8.06. The molecular weight excluding hydrogens is 737 g/mol. The number of halogens is 8. The SMILES string of the molecule is C.Cc1ccc(CO)cc1.Cc1ccc(COP(Cl)CCP(Cl)Cl)cc1.ClP(Cl)CCP(Cl)Cl.F.P.P.[3HH]. The molecule has 2 rings (SSSR count). The van der Waals surface area contributed by atoms with E-state index in [9.17, 15) is 0 Å². The van der Waals surface area contributed by atoms with E-state index in [-0.39, 0.29) is 40.0 Å². The van der Waals surface area contributed by atoms with E-state index < -0.39 is 27.4 Å². The van der Waals surface area contributed by atoms with E-state index in [1.165, 1.54) is 11.1 Å². The highest BCUT2D eigenvalue weighted by Gasteiger charge is 2.08. The second-order valence-electron chi connectivity index (χ2n) is 6.52. The monoisotopic (exact) mass is 776 g/mol. The lowest BCUT2D eigenvalue weighted by Gasteiger charge is -2.10. The van der Waals surface area contributed by atoms with Crippen molar-refractivity contribution in [2.75, 3.05) is 24.6 Å². The Balaban J connectivity index is -0.000000102. The number of hydrogen-bond acceptors (Lipinski definition) is 2. The Kier molecular flexibility index (Phi) is 42.6. The number of aliphatic hydroxyl groups excluding tert-OH is 1. The van der Waals surface area contributed by atoms with Crippen molar-refractivity contribution in [1.29, 1.82) is 0 Å². The number of rotatable bonds is 10. The van der Waals surface area contributed by atoms with E-state index in [1.54, 1.807) is 0 Å². The minimum Gasteiger partial charge on any atom is -0.392 e. The number of benzene rings is 2. The van der Waals surface area contributed by atoms with E-state index in [0.29, 0.717) is 6.61 Å². The first-order chi connectivity index (χ1) is 15.5. The van der Waals surface area contributed by atoms with Crippen LogP contribution in [0.4, 0.5) is 4.70 Å². The third-order valence-corrected chi connectivity index (χ3v) is 10.9. The summed E-state index contributed by atoms with van der Waals surface area (Å²) in [7, 11) is -0.925. The average molecular weight is 780 g/mol. The Morgan fingerprint density at radius 1 is 0.649 bits per heavy atom. The number of aryl methyl sites for hydroxylation is 2. The van der Waals surface area contributed by atoms with E-state index in [4.69, 9.17) is 88.3 Å². The minimum absolute atomic E-state index is 0. The van der Waals surface area contributed by atoms with Crippen LogP contribution < -0.4 is 0 Å². The lowest BCUT2D eigenvalue weighted by atomic mass is 10.2. The molecule has 0 saturated carbocycles. The molecule has 2 aromatic rings. The Hall–Kier alpha value is 2.90. The molecule has 0 fully saturated rings. The van der Waals surface area contributed by atoms with Crippen LogP contribution in [-0.2, 0) is 17.7 Å². The van der Waals surface area contributed by atoms with Gasteiger partial charge in [0.2, 0.25) is 0 Å². The van der Waals surface area contributed by atoms with Crippen molar-refractivity contribution in [3.63, 3.8) is 0 Å². The van der Waals surface area contributed by atoms with E-state index >= 15 is 0 Å². The molecule has 1 N–H and O–H groups in total. The van der Waals surface area contributed by atoms with Gasteiger partial charge in [-0.05, 0) is 25.0 Å². The van der Waals surface area contributed by atoms with Crippen LogP contribution in [0.25, 0.3) is 0 Å². The summed E-state index contributed by atoms with van der Waals surface area (Å²) in [6, 6.07) is 16.1. The zero-order valence-electron chi connectivity index (χ0n) is 20.0. The molecule has 2 nitrogen and oxygen atoms in total. The molecule has 3 atom stereocenters. The van der Waals surface area contributed by atoms with Crippen LogP contribution in [0, 0.1) is 13.8 Å². The van der Waals surface area contributed by atoms with Gasteiger partial charge in [0.05, 0.1) is 33.1 Å². The summed E-state index contributed by atoms with van der Waals surface area (Å²) in [6.07, 6.45) is 2.98. The smallest absolute Gasteiger partial charge is 0.125 e. The van der Waals surface area contributed by atoms with Crippen molar-refractivity contribution in [3.8, 4) is 0 Å². The summed E-state index contributed by atoms with van der Waals surface area (Å²) in [5.41, 5.74) is 4.58. The third-order valence-electron chi connectivity index (χ3n) is 3.68. The van der Waals surface area contributed by atoms with Crippen molar-refractivity contribution >= 4 is 126 Å². The van der Waals surface area contributed by atoms with Gasteiger partial charge >= 0.3 is 0 Å². The maximum absolute atomic E-state index is 8.63. The molecule has 0 saturated heterocycles. The number of hydrogen-bond donors (Lipinski definition) is 1. The fourth-order valence-electron chi connectivity index (χ4n) is 1.89. The fourth-order valence-corrected chi connectivity index (χ4v) is 9.66. The standard InChI is InChI=1S/C10H13Cl3OP2.C8H10O.C2H4Cl4P2.CH4.FH.2H3P.H2/c1-9-2-4-10(5-3-9)8-14-16(13)7-6-15(11)12;1-7-2-4-8(6-9)5-3-7;3-7(4)1-2-8(5)6;;;;;/h2-5H,6-8H2,1H3;2-5,9H,6H2,1H3;1-2H2;1H4;1H;2*1H3;1H/i;;;;;;;1+2. The second-order valence-corrected chi connectivity index (χ2v) is 21.1. The first kappa shape index (κ1) is 49.6. The van der Waals surface area contributed by atoms with Gasteiger partial charge in [-0.2, -0.15) is 19.8 Å². The topological polar surface area (TPSA) is 29.5 Å². The average Bonchev–Trinajstić information content (AvgIpc) is 2.77. The summed E-state index contributed by atoms with van der Waals surface area (Å²) in [4.78, 5) is 0. The minimum atomic E-state index is -0.925. The summed E-state index contributed by atoms with van der Waals surface area (Å²) in [5.74, 6) is 0. The highest BCUT2D eigenvalue weighted by Crippen LogP contribution is 2.54. The molecule has 0 aromatic heterocycles. The molecule has 0 aliphatic rings. The quantitative estimate of drug-likeness (QED) is 0.243. The Morgan fingerprint density at radius 3 is 1.30 bits per heavy atom. The van der Waals surface area contributed by atoms with Gasteiger partial charge in [0.15, 0.2) is 0 Å². The van der Waals surface area contributed by atoms with Crippen LogP contribution in [0.3, 0.4) is 0 Å². The lowest BCUT2D eigenvalue weighted by molar-refractivity contribution is 0.282. The highest BCUT2D eigenvalue weighted by atomic mass is 35.9. The molecular formula is C21H40Cl7FO2P6. The van der Waals surface area contributed by atoms with Crippen molar-refractivity contribution in [2.45, 2.75) is 34.5 Å². The van der Waals surface area contributed by atoms with Crippen LogP contribution in [0.1, 0.15) is 31.1 Å². The first-order valence-electron chi connectivity index (χ1n) is 9.59. The maximum Gasteiger partial charge on any atom is 0.125 e. The maximum atomic E-state index is 8.63.